The van der Waals surface area contributed by atoms with Crippen LogP contribution in [0.1, 0.15) is 11.3 Å². The number of carbonyl (C=O) groups excluding carboxylic acids is 1. The smallest absolute Gasteiger partial charge is 0.178 e. The lowest BCUT2D eigenvalue weighted by Crippen LogP contribution is -2.07. The summed E-state index contributed by atoms with van der Waals surface area (Å²) in [7, 11) is 3.99. The summed E-state index contributed by atoms with van der Waals surface area (Å²) >= 11 is 0. The van der Waals surface area contributed by atoms with Crippen molar-refractivity contribution in [2.24, 2.45) is 0 Å². The van der Waals surface area contributed by atoms with Crippen molar-refractivity contribution in [1.29, 1.82) is 0 Å². The molecule has 0 spiro atoms. The largest absolute Gasteiger partial charge is 0.465 e. The number of carbonyl (C=O) groups is 1. The summed E-state index contributed by atoms with van der Waals surface area (Å²) < 4.78 is 5.11. The number of benzene rings is 1. The number of anilines is 1. The molecule has 0 aliphatic carbocycles. The molecule has 0 N–H and O–H groups in total. The summed E-state index contributed by atoms with van der Waals surface area (Å²) in [6, 6.07) is 11.6. The van der Waals surface area contributed by atoms with E-state index in [1.165, 1.54) is 6.08 Å². The highest BCUT2D eigenvalue weighted by Gasteiger charge is 1.95. The van der Waals surface area contributed by atoms with Gasteiger partial charge in [0.15, 0.2) is 5.78 Å². The molecule has 1 aromatic carbocycles. The number of ketones is 1. The molecule has 0 aliphatic heterocycles. The zero-order valence-electron chi connectivity index (χ0n) is 11.6. The number of rotatable bonds is 5. The second kappa shape index (κ2) is 6.57. The lowest BCUT2D eigenvalue weighted by atomic mass is 10.1. The van der Waals surface area contributed by atoms with Gasteiger partial charge in [0.2, 0.25) is 0 Å². The van der Waals surface area contributed by atoms with Crippen LogP contribution in [0.5, 0.6) is 0 Å². The average molecular weight is 267 g/mol. The molecule has 0 unspecified atom stereocenters. The molecule has 102 valence electrons. The van der Waals surface area contributed by atoms with Gasteiger partial charge in [-0.15, -0.1) is 0 Å². The zero-order chi connectivity index (χ0) is 14.4. The van der Waals surface area contributed by atoms with E-state index in [2.05, 4.69) is 0 Å². The van der Waals surface area contributed by atoms with Gasteiger partial charge in [-0.25, -0.2) is 0 Å². The van der Waals surface area contributed by atoms with Gasteiger partial charge >= 0.3 is 0 Å². The molecule has 0 saturated heterocycles. The van der Waals surface area contributed by atoms with Crippen LogP contribution in [0.25, 0.3) is 12.2 Å². The van der Waals surface area contributed by atoms with Gasteiger partial charge in [-0.3, -0.25) is 4.79 Å². The molecule has 0 saturated carbocycles. The minimum Gasteiger partial charge on any atom is -0.465 e. The fourth-order valence-corrected chi connectivity index (χ4v) is 1.67. The van der Waals surface area contributed by atoms with E-state index in [4.69, 9.17) is 4.42 Å². The molecule has 2 rings (SSSR count). The Labute approximate surface area is 118 Å². The van der Waals surface area contributed by atoms with Crippen LogP contribution in [0.4, 0.5) is 5.69 Å². The second-order valence-electron chi connectivity index (χ2n) is 4.57. The molecule has 0 radical (unpaired) electrons. The van der Waals surface area contributed by atoms with Crippen molar-refractivity contribution in [2.45, 2.75) is 0 Å². The zero-order valence-corrected chi connectivity index (χ0v) is 11.6. The standard InChI is InChI=1S/C17H17NO2/c1-18(2)15-8-5-14(6-9-15)7-10-16(19)11-12-17-4-3-13-20-17/h3-13H,1-2H3/b10-7+,12-11+. The number of nitrogens with zero attached hydrogens (tertiary/aromatic N) is 1. The summed E-state index contributed by atoms with van der Waals surface area (Å²) in [6.07, 6.45) is 8.07. The molecule has 0 aliphatic rings. The Morgan fingerprint density at radius 2 is 1.75 bits per heavy atom. The molecular formula is C17H17NO2. The first kappa shape index (κ1) is 13.9. The molecular weight excluding hydrogens is 250 g/mol. The number of allylic oxidation sites excluding steroid dienone is 2. The minimum absolute atomic E-state index is 0.0712. The van der Waals surface area contributed by atoms with Crippen molar-refractivity contribution in [3.8, 4) is 0 Å². The molecule has 0 bridgehead atoms. The Hall–Kier alpha value is -2.55. The molecule has 0 fully saturated rings. The van der Waals surface area contributed by atoms with E-state index < -0.39 is 0 Å². The lowest BCUT2D eigenvalue weighted by molar-refractivity contribution is -0.110. The third-order valence-electron chi connectivity index (χ3n) is 2.80. The van der Waals surface area contributed by atoms with Gasteiger partial charge in [-0.05, 0) is 48.1 Å². The number of furan rings is 1. The van der Waals surface area contributed by atoms with Crippen LogP contribution in [-0.2, 0) is 4.79 Å². The molecule has 3 nitrogen and oxygen atoms in total. The van der Waals surface area contributed by atoms with E-state index in [0.29, 0.717) is 5.76 Å². The Kier molecular flexibility index (Phi) is 4.56. The van der Waals surface area contributed by atoms with Gasteiger partial charge in [-0.2, -0.15) is 0 Å². The Bertz CT molecular complexity index is 605. The normalized spacial score (nSPS) is 11.3. The van der Waals surface area contributed by atoms with E-state index in [0.717, 1.165) is 11.3 Å². The van der Waals surface area contributed by atoms with Crippen molar-refractivity contribution in [2.75, 3.05) is 19.0 Å². The molecule has 3 heteroatoms. The predicted molar refractivity (Wildman–Crippen MR) is 82.6 cm³/mol. The number of hydrogen-bond acceptors (Lipinski definition) is 3. The van der Waals surface area contributed by atoms with Crippen molar-refractivity contribution in [1.82, 2.24) is 0 Å². The summed E-state index contributed by atoms with van der Waals surface area (Å²) in [5.74, 6) is 0.597. The molecule has 20 heavy (non-hydrogen) atoms. The van der Waals surface area contributed by atoms with Gasteiger partial charge < -0.3 is 9.32 Å². The van der Waals surface area contributed by atoms with Crippen LogP contribution < -0.4 is 4.90 Å². The Morgan fingerprint density at radius 3 is 2.35 bits per heavy atom. The van der Waals surface area contributed by atoms with Crippen LogP contribution in [0, 0.1) is 0 Å². The highest BCUT2D eigenvalue weighted by atomic mass is 16.3. The van der Waals surface area contributed by atoms with Crippen molar-refractivity contribution in [3.05, 3.63) is 66.1 Å². The molecule has 1 aromatic heterocycles. The maximum Gasteiger partial charge on any atom is 0.178 e. The lowest BCUT2D eigenvalue weighted by Gasteiger charge is -2.11. The van der Waals surface area contributed by atoms with Crippen LogP contribution in [-0.4, -0.2) is 19.9 Å². The molecule has 0 amide bonds. The molecule has 0 atom stereocenters. The van der Waals surface area contributed by atoms with Gasteiger partial charge in [0.1, 0.15) is 5.76 Å². The maximum absolute atomic E-state index is 11.7. The summed E-state index contributed by atoms with van der Waals surface area (Å²) in [5, 5.41) is 0. The van der Waals surface area contributed by atoms with Gasteiger partial charge in [0, 0.05) is 19.8 Å². The number of hydrogen-bond donors (Lipinski definition) is 0. The van der Waals surface area contributed by atoms with Crippen LogP contribution in [0.2, 0.25) is 0 Å². The quantitative estimate of drug-likeness (QED) is 0.775. The molecule has 2 aromatic rings. The second-order valence-corrected chi connectivity index (χ2v) is 4.57. The first-order valence-corrected chi connectivity index (χ1v) is 6.36. The van der Waals surface area contributed by atoms with Crippen molar-refractivity contribution in [3.63, 3.8) is 0 Å². The SMILES string of the molecule is CN(C)c1ccc(/C=C/C(=O)/C=C/c2ccco2)cc1. The first-order valence-electron chi connectivity index (χ1n) is 6.36. The monoisotopic (exact) mass is 267 g/mol. The van der Waals surface area contributed by atoms with Crippen LogP contribution in [0.3, 0.4) is 0 Å². The van der Waals surface area contributed by atoms with E-state index >= 15 is 0 Å². The topological polar surface area (TPSA) is 33.5 Å². The minimum atomic E-state index is -0.0712. The highest BCUT2D eigenvalue weighted by molar-refractivity contribution is 6.04. The maximum atomic E-state index is 11.7. The van der Waals surface area contributed by atoms with Gasteiger partial charge in [0.25, 0.3) is 0 Å². The van der Waals surface area contributed by atoms with Crippen LogP contribution in [0.15, 0.2) is 59.2 Å². The van der Waals surface area contributed by atoms with E-state index in [-0.39, 0.29) is 5.78 Å². The Morgan fingerprint density at radius 1 is 1.05 bits per heavy atom. The fraction of sp³-hybridized carbons (Fsp3) is 0.118. The van der Waals surface area contributed by atoms with Crippen LogP contribution >= 0.6 is 0 Å². The fourth-order valence-electron chi connectivity index (χ4n) is 1.67. The third kappa shape index (κ3) is 3.99. The first-order chi connectivity index (χ1) is 9.65. The van der Waals surface area contributed by atoms with E-state index in [1.807, 2.05) is 43.3 Å². The highest BCUT2D eigenvalue weighted by Crippen LogP contribution is 2.13. The molecule has 1 heterocycles. The van der Waals surface area contributed by atoms with E-state index in [1.54, 1.807) is 36.6 Å². The Balaban J connectivity index is 1.96. The summed E-state index contributed by atoms with van der Waals surface area (Å²) in [4.78, 5) is 13.7. The predicted octanol–water partition coefficient (Wildman–Crippen LogP) is 3.64. The van der Waals surface area contributed by atoms with Gasteiger partial charge in [-0.1, -0.05) is 18.2 Å². The summed E-state index contributed by atoms with van der Waals surface area (Å²) in [5.41, 5.74) is 2.13. The van der Waals surface area contributed by atoms with Crippen molar-refractivity contribution < 1.29 is 9.21 Å². The van der Waals surface area contributed by atoms with Gasteiger partial charge in [0.05, 0.1) is 6.26 Å². The third-order valence-corrected chi connectivity index (χ3v) is 2.80. The average Bonchev–Trinajstić information content (AvgIpc) is 2.96. The van der Waals surface area contributed by atoms with E-state index in [9.17, 15) is 4.79 Å². The van der Waals surface area contributed by atoms with Crippen molar-refractivity contribution >= 4 is 23.6 Å². The summed E-state index contributed by atoms with van der Waals surface area (Å²) in [6.45, 7) is 0.